The number of carboxylic acids is 1. The van der Waals surface area contributed by atoms with Crippen molar-refractivity contribution in [3.8, 4) is 0 Å². The summed E-state index contributed by atoms with van der Waals surface area (Å²) in [5, 5.41) is 9.90. The molecule has 0 saturated heterocycles. The smallest absolute Gasteiger partial charge is 0.309 e. The fourth-order valence-corrected chi connectivity index (χ4v) is 7.61. The molecule has 0 aromatic rings. The van der Waals surface area contributed by atoms with E-state index < -0.39 is 11.4 Å². The highest BCUT2D eigenvalue weighted by atomic mass is 16.4. The normalized spacial score (nSPS) is 53.7. The van der Waals surface area contributed by atoms with Crippen molar-refractivity contribution in [1.82, 2.24) is 0 Å². The van der Waals surface area contributed by atoms with Crippen molar-refractivity contribution in [1.29, 1.82) is 0 Å². The largest absolute Gasteiger partial charge is 0.481 e. The molecule has 0 aromatic heterocycles. The van der Waals surface area contributed by atoms with Gasteiger partial charge in [-0.1, -0.05) is 25.5 Å². The highest BCUT2D eigenvalue weighted by Crippen LogP contribution is 2.72. The molecule has 122 valence electrons. The third kappa shape index (κ3) is 1.65. The molecule has 4 saturated carbocycles. The number of carbonyl (C=O) groups is 1. The summed E-state index contributed by atoms with van der Waals surface area (Å²) in [6.07, 6.45) is 10.8. The van der Waals surface area contributed by atoms with Crippen molar-refractivity contribution >= 4 is 5.97 Å². The lowest BCUT2D eigenvalue weighted by Gasteiger charge is -2.63. The predicted octanol–water partition coefficient (Wildman–Crippen LogP) is 5.04. The lowest BCUT2D eigenvalue weighted by molar-refractivity contribution is -0.181. The number of fused-ring (bicyclic) bond motifs is 3. The van der Waals surface area contributed by atoms with Crippen LogP contribution >= 0.6 is 0 Å². The van der Waals surface area contributed by atoms with E-state index in [0.29, 0.717) is 11.3 Å². The summed E-state index contributed by atoms with van der Waals surface area (Å²) < 4.78 is 0. The summed E-state index contributed by atoms with van der Waals surface area (Å²) in [6, 6.07) is 0. The first-order valence-corrected chi connectivity index (χ1v) is 9.23. The minimum absolute atomic E-state index is 0.235. The number of hydrogen-bond donors (Lipinski definition) is 1. The van der Waals surface area contributed by atoms with Gasteiger partial charge in [-0.25, -0.2) is 0 Å². The van der Waals surface area contributed by atoms with Crippen LogP contribution in [0.1, 0.15) is 71.6 Å². The van der Waals surface area contributed by atoms with Crippen molar-refractivity contribution in [2.75, 3.05) is 0 Å². The summed E-state index contributed by atoms with van der Waals surface area (Å²) in [4.78, 5) is 12.0. The predicted molar refractivity (Wildman–Crippen MR) is 87.4 cm³/mol. The van der Waals surface area contributed by atoms with Crippen LogP contribution in [0.3, 0.4) is 0 Å². The van der Waals surface area contributed by atoms with E-state index in [2.05, 4.69) is 13.5 Å². The van der Waals surface area contributed by atoms with Crippen molar-refractivity contribution in [2.45, 2.75) is 71.6 Å². The standard InChI is InChI=1S/C20H30O2/c1-13-11-20-10-7-15-18(2,16(20)6-5-14(13)12-20)8-4-9-19(15,3)17(21)22/h14-16H,1,4-12H2,2-3H3,(H,21,22)/t14-,15+,16+,18-,19+,20-/m1/s1. The highest BCUT2D eigenvalue weighted by Gasteiger charge is 2.64. The molecule has 0 amide bonds. The summed E-state index contributed by atoms with van der Waals surface area (Å²) in [7, 11) is 0. The minimum Gasteiger partial charge on any atom is -0.481 e. The van der Waals surface area contributed by atoms with Crippen LogP contribution in [0.5, 0.6) is 0 Å². The van der Waals surface area contributed by atoms with E-state index in [1.54, 1.807) is 0 Å². The first-order chi connectivity index (χ1) is 10.3. The van der Waals surface area contributed by atoms with Crippen LogP contribution in [-0.4, -0.2) is 11.1 Å². The molecule has 4 rings (SSSR count). The zero-order chi connectivity index (χ0) is 15.8. The number of aliphatic carboxylic acids is 1. The van der Waals surface area contributed by atoms with Gasteiger partial charge in [0, 0.05) is 0 Å². The van der Waals surface area contributed by atoms with Crippen LogP contribution < -0.4 is 0 Å². The lowest BCUT2D eigenvalue weighted by Crippen LogP contribution is -2.58. The van der Waals surface area contributed by atoms with E-state index in [0.717, 1.165) is 31.1 Å². The quantitative estimate of drug-likeness (QED) is 0.689. The number of rotatable bonds is 1. The first kappa shape index (κ1) is 14.8. The first-order valence-electron chi connectivity index (χ1n) is 9.23. The number of carboxylic acid groups (broad SMARTS) is 1. The van der Waals surface area contributed by atoms with Crippen LogP contribution in [0, 0.1) is 34.0 Å². The fraction of sp³-hybridized carbons (Fsp3) is 0.850. The minimum atomic E-state index is -0.552. The maximum absolute atomic E-state index is 12.0. The molecule has 0 radical (unpaired) electrons. The summed E-state index contributed by atoms with van der Waals surface area (Å²) in [6.45, 7) is 8.86. The molecule has 0 heterocycles. The Labute approximate surface area is 134 Å². The SMILES string of the molecule is C=C1C[C@@]23CC[C@H]4[C@@](C)(CCC[C@]4(C)C(=O)O)[C@@H]2CC[C@@H]1C3. The van der Waals surface area contributed by atoms with E-state index in [-0.39, 0.29) is 5.41 Å². The molecule has 2 nitrogen and oxygen atoms in total. The second kappa shape index (κ2) is 4.39. The monoisotopic (exact) mass is 302 g/mol. The van der Waals surface area contributed by atoms with Crippen molar-refractivity contribution in [3.05, 3.63) is 12.2 Å². The van der Waals surface area contributed by atoms with E-state index in [4.69, 9.17) is 0 Å². The van der Waals surface area contributed by atoms with Crippen LogP contribution in [0.25, 0.3) is 0 Å². The molecule has 1 N–H and O–H groups in total. The van der Waals surface area contributed by atoms with Gasteiger partial charge in [-0.3, -0.25) is 4.79 Å². The van der Waals surface area contributed by atoms with Gasteiger partial charge in [-0.05, 0) is 86.9 Å². The Hall–Kier alpha value is -0.790. The average Bonchev–Trinajstić information content (AvgIpc) is 2.68. The second-order valence-electron chi connectivity index (χ2n) is 9.40. The Bertz CT molecular complexity index is 538. The fourth-order valence-electron chi connectivity index (χ4n) is 7.61. The number of allylic oxidation sites excluding steroid dienone is 1. The van der Waals surface area contributed by atoms with Gasteiger partial charge in [0.25, 0.3) is 0 Å². The van der Waals surface area contributed by atoms with E-state index in [1.807, 2.05) is 6.92 Å². The van der Waals surface area contributed by atoms with Gasteiger partial charge in [0.15, 0.2) is 0 Å². The molecule has 22 heavy (non-hydrogen) atoms. The van der Waals surface area contributed by atoms with Crippen LogP contribution in [0.2, 0.25) is 0 Å². The zero-order valence-electron chi connectivity index (χ0n) is 14.2. The van der Waals surface area contributed by atoms with Crippen LogP contribution in [-0.2, 0) is 4.79 Å². The van der Waals surface area contributed by atoms with Crippen molar-refractivity contribution < 1.29 is 9.90 Å². The molecule has 0 aromatic carbocycles. The summed E-state index contributed by atoms with van der Waals surface area (Å²) >= 11 is 0. The van der Waals surface area contributed by atoms with Crippen LogP contribution in [0.4, 0.5) is 0 Å². The Morgan fingerprint density at radius 3 is 2.64 bits per heavy atom. The molecule has 0 unspecified atom stereocenters. The molecule has 4 fully saturated rings. The van der Waals surface area contributed by atoms with Gasteiger partial charge in [0.2, 0.25) is 0 Å². The second-order valence-corrected chi connectivity index (χ2v) is 9.40. The highest BCUT2D eigenvalue weighted by molar-refractivity contribution is 5.75. The molecule has 6 atom stereocenters. The van der Waals surface area contributed by atoms with E-state index in [9.17, 15) is 9.90 Å². The molecule has 4 aliphatic rings. The van der Waals surface area contributed by atoms with Crippen molar-refractivity contribution in [3.63, 3.8) is 0 Å². The maximum Gasteiger partial charge on any atom is 0.309 e. The third-order valence-corrected chi connectivity index (χ3v) is 8.54. The molecule has 2 bridgehead atoms. The van der Waals surface area contributed by atoms with E-state index >= 15 is 0 Å². The summed E-state index contributed by atoms with van der Waals surface area (Å²) in [5.41, 5.74) is 1.71. The molecular weight excluding hydrogens is 272 g/mol. The molecule has 1 spiro atoms. The summed E-state index contributed by atoms with van der Waals surface area (Å²) in [5.74, 6) is 1.32. The third-order valence-electron chi connectivity index (χ3n) is 8.54. The Kier molecular flexibility index (Phi) is 2.95. The topological polar surface area (TPSA) is 37.3 Å². The van der Waals surface area contributed by atoms with Gasteiger partial charge < -0.3 is 5.11 Å². The lowest BCUT2D eigenvalue weighted by atomic mass is 9.41. The van der Waals surface area contributed by atoms with Gasteiger partial charge in [0.05, 0.1) is 5.41 Å². The molecule has 0 aliphatic heterocycles. The Balaban J connectivity index is 1.75. The van der Waals surface area contributed by atoms with Gasteiger partial charge in [0.1, 0.15) is 0 Å². The van der Waals surface area contributed by atoms with Gasteiger partial charge in [-0.15, -0.1) is 0 Å². The maximum atomic E-state index is 12.0. The molecular formula is C20H30O2. The van der Waals surface area contributed by atoms with Gasteiger partial charge in [-0.2, -0.15) is 0 Å². The van der Waals surface area contributed by atoms with E-state index in [1.165, 1.54) is 44.1 Å². The Morgan fingerprint density at radius 1 is 1.14 bits per heavy atom. The van der Waals surface area contributed by atoms with Crippen molar-refractivity contribution in [2.24, 2.45) is 34.0 Å². The van der Waals surface area contributed by atoms with Crippen LogP contribution in [0.15, 0.2) is 12.2 Å². The zero-order valence-corrected chi connectivity index (χ0v) is 14.2. The molecule has 4 aliphatic carbocycles. The average molecular weight is 302 g/mol. The number of hydrogen-bond acceptors (Lipinski definition) is 1. The van der Waals surface area contributed by atoms with Gasteiger partial charge >= 0.3 is 5.97 Å². The molecule has 2 heteroatoms. The Morgan fingerprint density at radius 2 is 1.91 bits per heavy atom.